The number of benzene rings is 3. The maximum absolute atomic E-state index is 12.5. The van der Waals surface area contributed by atoms with Crippen LogP contribution in [0.15, 0.2) is 90.1 Å². The minimum atomic E-state index is 0.0718. The lowest BCUT2D eigenvalue weighted by atomic mass is 10.2. The molecule has 0 aliphatic carbocycles. The Morgan fingerprint density at radius 3 is 2.27 bits per heavy atom. The predicted octanol–water partition coefficient (Wildman–Crippen LogP) is 5.16. The number of para-hydroxylation sites is 1. The van der Waals surface area contributed by atoms with Gasteiger partial charge in [0.15, 0.2) is 16.8 Å². The fourth-order valence-electron chi connectivity index (χ4n) is 3.03. The largest absolute Gasteiger partial charge is 0.378 e. The average molecular weight is 415 g/mol. The second-order valence-corrected chi connectivity index (χ2v) is 7.81. The number of anilines is 1. The van der Waals surface area contributed by atoms with E-state index in [-0.39, 0.29) is 5.78 Å². The van der Waals surface area contributed by atoms with E-state index in [1.54, 1.807) is 0 Å². The molecule has 5 nitrogen and oxygen atoms in total. The molecule has 4 rings (SSSR count). The Bertz CT molecular complexity index is 1110. The van der Waals surface area contributed by atoms with Gasteiger partial charge in [0.2, 0.25) is 0 Å². The van der Waals surface area contributed by atoms with E-state index < -0.39 is 0 Å². The molecule has 1 aromatic heterocycles. The molecule has 0 saturated heterocycles. The highest BCUT2D eigenvalue weighted by Crippen LogP contribution is 2.23. The fourth-order valence-corrected chi connectivity index (χ4v) is 3.90. The molecule has 3 aromatic carbocycles. The quantitative estimate of drug-likeness (QED) is 0.319. The third-order valence-corrected chi connectivity index (χ3v) is 5.57. The van der Waals surface area contributed by atoms with Crippen LogP contribution >= 0.6 is 11.8 Å². The van der Waals surface area contributed by atoms with Crippen molar-refractivity contribution >= 4 is 23.2 Å². The summed E-state index contributed by atoms with van der Waals surface area (Å²) in [5.74, 6) is 1.17. The number of rotatable bonds is 8. The van der Waals surface area contributed by atoms with Gasteiger partial charge in [-0.15, -0.1) is 10.2 Å². The Hall–Kier alpha value is -3.38. The van der Waals surface area contributed by atoms with Crippen LogP contribution in [0.25, 0.3) is 5.69 Å². The molecule has 30 heavy (non-hydrogen) atoms. The lowest BCUT2D eigenvalue weighted by Crippen LogP contribution is -2.09. The zero-order valence-electron chi connectivity index (χ0n) is 16.7. The van der Waals surface area contributed by atoms with Crippen LogP contribution in [0.4, 0.5) is 5.69 Å². The molecule has 0 atom stereocenters. The summed E-state index contributed by atoms with van der Waals surface area (Å²) < 4.78 is 2.00. The van der Waals surface area contributed by atoms with Crippen LogP contribution in [0.1, 0.15) is 21.7 Å². The first-order chi connectivity index (χ1) is 14.7. The molecule has 0 bridgehead atoms. The van der Waals surface area contributed by atoms with Gasteiger partial charge in [0.05, 0.1) is 12.3 Å². The third kappa shape index (κ3) is 4.78. The molecule has 0 spiro atoms. The van der Waals surface area contributed by atoms with E-state index in [0.717, 1.165) is 17.2 Å². The number of nitrogens with one attached hydrogen (secondary N) is 1. The molecule has 0 saturated carbocycles. The van der Waals surface area contributed by atoms with Crippen molar-refractivity contribution in [2.45, 2.75) is 18.6 Å². The first-order valence-electron chi connectivity index (χ1n) is 9.72. The highest BCUT2D eigenvalue weighted by molar-refractivity contribution is 7.99. The number of carbonyl (C=O) groups excluding carboxylic acids is 1. The number of hydrogen-bond acceptors (Lipinski definition) is 5. The van der Waals surface area contributed by atoms with Gasteiger partial charge in [-0.1, -0.05) is 78.0 Å². The normalized spacial score (nSPS) is 10.7. The topological polar surface area (TPSA) is 59.8 Å². The summed E-state index contributed by atoms with van der Waals surface area (Å²) in [6.45, 7) is 2.59. The zero-order valence-corrected chi connectivity index (χ0v) is 17.5. The van der Waals surface area contributed by atoms with E-state index in [0.29, 0.717) is 23.0 Å². The number of Topliss-reactive ketones (excluding diaryl/α,β-unsaturated/α-hetero) is 1. The second-order valence-electron chi connectivity index (χ2n) is 6.87. The zero-order chi connectivity index (χ0) is 20.8. The number of hydrogen-bond donors (Lipinski definition) is 1. The van der Waals surface area contributed by atoms with Crippen LogP contribution in [-0.4, -0.2) is 26.3 Å². The Morgan fingerprint density at radius 1 is 0.900 bits per heavy atom. The number of aromatic nitrogens is 3. The molecule has 150 valence electrons. The smallest absolute Gasteiger partial charge is 0.196 e. The van der Waals surface area contributed by atoms with E-state index in [9.17, 15) is 4.79 Å². The average Bonchev–Trinajstić information content (AvgIpc) is 3.21. The molecule has 0 fully saturated rings. The summed E-state index contributed by atoms with van der Waals surface area (Å²) in [5.41, 5.74) is 3.92. The molecule has 0 amide bonds. The molecule has 4 aromatic rings. The number of aryl methyl sites for hydroxylation is 1. The number of ketones is 1. The SMILES string of the molecule is Cc1ccc(NCc2nnc(SCC(=O)c3ccccc3)n2-c2ccccc2)cc1. The first kappa shape index (κ1) is 19.9. The van der Waals surface area contributed by atoms with Gasteiger partial charge in [0, 0.05) is 16.9 Å². The maximum atomic E-state index is 12.5. The van der Waals surface area contributed by atoms with E-state index >= 15 is 0 Å². The number of nitrogens with zero attached hydrogens (tertiary/aromatic N) is 3. The third-order valence-electron chi connectivity index (χ3n) is 4.65. The van der Waals surface area contributed by atoms with Crippen LogP contribution in [-0.2, 0) is 6.54 Å². The Morgan fingerprint density at radius 2 is 1.57 bits per heavy atom. The van der Waals surface area contributed by atoms with Gasteiger partial charge in [0.25, 0.3) is 0 Å². The summed E-state index contributed by atoms with van der Waals surface area (Å²) in [6.07, 6.45) is 0. The van der Waals surface area contributed by atoms with Crippen molar-refractivity contribution in [1.82, 2.24) is 14.8 Å². The Labute approximate surface area is 180 Å². The van der Waals surface area contributed by atoms with Crippen molar-refractivity contribution in [3.05, 3.63) is 102 Å². The van der Waals surface area contributed by atoms with Crippen molar-refractivity contribution in [1.29, 1.82) is 0 Å². The summed E-state index contributed by atoms with van der Waals surface area (Å²) in [7, 11) is 0. The predicted molar refractivity (Wildman–Crippen MR) is 121 cm³/mol. The minimum Gasteiger partial charge on any atom is -0.378 e. The van der Waals surface area contributed by atoms with Crippen molar-refractivity contribution in [2.75, 3.05) is 11.1 Å². The molecular formula is C24H22N4OS. The van der Waals surface area contributed by atoms with Gasteiger partial charge in [-0.25, -0.2) is 0 Å². The molecular weight excluding hydrogens is 392 g/mol. The molecule has 0 aliphatic rings. The van der Waals surface area contributed by atoms with Crippen LogP contribution in [0, 0.1) is 6.92 Å². The number of carbonyl (C=O) groups is 1. The van der Waals surface area contributed by atoms with Gasteiger partial charge in [-0.2, -0.15) is 0 Å². The molecule has 1 N–H and O–H groups in total. The number of thioether (sulfide) groups is 1. The highest BCUT2D eigenvalue weighted by atomic mass is 32.2. The van der Waals surface area contributed by atoms with Crippen LogP contribution < -0.4 is 5.32 Å². The van der Waals surface area contributed by atoms with Crippen molar-refractivity contribution in [3.63, 3.8) is 0 Å². The summed E-state index contributed by atoms with van der Waals surface area (Å²) >= 11 is 1.40. The van der Waals surface area contributed by atoms with E-state index in [4.69, 9.17) is 0 Å². The van der Waals surface area contributed by atoms with E-state index in [2.05, 4.69) is 34.6 Å². The van der Waals surface area contributed by atoms with Crippen molar-refractivity contribution in [2.24, 2.45) is 0 Å². The minimum absolute atomic E-state index is 0.0718. The molecule has 0 radical (unpaired) electrons. The lowest BCUT2D eigenvalue weighted by Gasteiger charge is -2.11. The fraction of sp³-hybridized carbons (Fsp3) is 0.125. The van der Waals surface area contributed by atoms with Crippen LogP contribution in [0.3, 0.4) is 0 Å². The first-order valence-corrected chi connectivity index (χ1v) is 10.7. The Balaban J connectivity index is 1.54. The lowest BCUT2D eigenvalue weighted by molar-refractivity contribution is 0.102. The highest BCUT2D eigenvalue weighted by Gasteiger charge is 2.16. The van der Waals surface area contributed by atoms with Gasteiger partial charge in [-0.3, -0.25) is 9.36 Å². The van der Waals surface area contributed by atoms with Gasteiger partial charge >= 0.3 is 0 Å². The van der Waals surface area contributed by atoms with Gasteiger partial charge < -0.3 is 5.32 Å². The summed E-state index contributed by atoms with van der Waals surface area (Å²) in [4.78, 5) is 12.5. The summed E-state index contributed by atoms with van der Waals surface area (Å²) in [6, 6.07) is 27.5. The van der Waals surface area contributed by atoms with Crippen LogP contribution in [0.5, 0.6) is 0 Å². The van der Waals surface area contributed by atoms with Gasteiger partial charge in [-0.05, 0) is 31.2 Å². The molecule has 1 heterocycles. The second kappa shape index (κ2) is 9.41. The monoisotopic (exact) mass is 414 g/mol. The van der Waals surface area contributed by atoms with Crippen LogP contribution in [0.2, 0.25) is 0 Å². The van der Waals surface area contributed by atoms with Gasteiger partial charge in [0.1, 0.15) is 0 Å². The molecule has 6 heteroatoms. The molecule has 0 unspecified atom stereocenters. The van der Waals surface area contributed by atoms with Crippen molar-refractivity contribution < 1.29 is 4.79 Å². The van der Waals surface area contributed by atoms with E-state index in [1.165, 1.54) is 17.3 Å². The standard InChI is InChI=1S/C24H22N4OS/c1-18-12-14-20(15-13-18)25-16-23-26-27-24(28(23)21-10-6-3-7-11-21)30-17-22(29)19-8-4-2-5-9-19/h2-15,25H,16-17H2,1H3. The Kier molecular flexibility index (Phi) is 6.25. The van der Waals surface area contributed by atoms with Crippen molar-refractivity contribution in [3.8, 4) is 5.69 Å². The maximum Gasteiger partial charge on any atom is 0.196 e. The summed E-state index contributed by atoms with van der Waals surface area (Å²) in [5, 5.41) is 12.9. The van der Waals surface area contributed by atoms with E-state index in [1.807, 2.05) is 77.4 Å². The molecule has 0 aliphatic heterocycles.